The Morgan fingerprint density at radius 2 is 1.72 bits per heavy atom. The molecule has 0 unspecified atom stereocenters. The van der Waals surface area contributed by atoms with E-state index in [0.717, 1.165) is 12.3 Å². The van der Waals surface area contributed by atoms with Gasteiger partial charge in [-0.05, 0) is 24.5 Å². The average Bonchev–Trinajstić information content (AvgIpc) is 2.37. The lowest BCUT2D eigenvalue weighted by molar-refractivity contribution is 0.0575. The van der Waals surface area contributed by atoms with E-state index in [1.54, 1.807) is 12.1 Å². The predicted molar refractivity (Wildman–Crippen MR) is 83.7 cm³/mol. The number of carbonyl (C=O) groups excluding carboxylic acids is 1. The van der Waals surface area contributed by atoms with Crippen LogP contribution in [0.1, 0.15) is 10.4 Å². The average molecular weight is 262 g/mol. The van der Waals surface area contributed by atoms with E-state index in [0.29, 0.717) is 11.9 Å². The summed E-state index contributed by atoms with van der Waals surface area (Å²) in [4.78, 5) is 11.7. The fourth-order valence-electron chi connectivity index (χ4n) is 1.35. The minimum Gasteiger partial charge on any atom is -0.458 e. The molecule has 0 spiro atoms. The van der Waals surface area contributed by atoms with E-state index in [1.807, 2.05) is 30.4 Å². The van der Waals surface area contributed by atoms with Gasteiger partial charge in [-0.25, -0.2) is 4.79 Å². The molecule has 0 amide bonds. The van der Waals surface area contributed by atoms with Crippen LogP contribution in [0.2, 0.25) is 0 Å². The first kappa shape index (κ1) is 16.7. The number of rotatable bonds is 7. The van der Waals surface area contributed by atoms with Gasteiger partial charge in [0.2, 0.25) is 0 Å². The molecular weight excluding hydrogens is 242 g/mol. The normalized spacial score (nSPS) is 9.39. The summed E-state index contributed by atoms with van der Waals surface area (Å²) in [6.45, 7) is 7.42. The summed E-state index contributed by atoms with van der Waals surface area (Å²) in [5.41, 5.74) is 0.597. The van der Waals surface area contributed by atoms with Crippen molar-refractivity contribution in [1.82, 2.24) is 0 Å². The number of ether oxygens (including phenoxy) is 1. The summed E-state index contributed by atoms with van der Waals surface area (Å²) in [6.07, 6.45) is 5.99. The Morgan fingerprint density at radius 1 is 1.17 bits per heavy atom. The monoisotopic (exact) mass is 262 g/mol. The number of allylic oxidation sites excluding steroid dienone is 2. The number of hydrogen-bond donors (Lipinski definition) is 0. The summed E-state index contributed by atoms with van der Waals surface area (Å²) in [5, 5.41) is 0. The standard InChI is InChI=1S/C14H17O2P.BH3/c1-3-10-17(11-4-2)12-16-14(15)13-8-6-5-7-9-13;/h3-9H,1-2,10-12H2;1H3. The molecule has 0 radical (unpaired) electrons. The molecule has 0 aliphatic heterocycles. The maximum absolute atomic E-state index is 11.7. The van der Waals surface area contributed by atoms with E-state index in [-0.39, 0.29) is 22.3 Å². The van der Waals surface area contributed by atoms with Crippen molar-refractivity contribution in [3.05, 3.63) is 61.2 Å². The van der Waals surface area contributed by atoms with Crippen LogP contribution in [0.5, 0.6) is 0 Å². The van der Waals surface area contributed by atoms with E-state index >= 15 is 0 Å². The molecular formula is C14H20BO2P. The van der Waals surface area contributed by atoms with Gasteiger partial charge in [0, 0.05) is 0 Å². The van der Waals surface area contributed by atoms with Gasteiger partial charge < -0.3 is 4.74 Å². The van der Waals surface area contributed by atoms with Crippen molar-refractivity contribution in [3.63, 3.8) is 0 Å². The third kappa shape index (κ3) is 5.83. The Morgan fingerprint density at radius 3 is 2.22 bits per heavy atom. The molecule has 4 heteroatoms. The van der Waals surface area contributed by atoms with Gasteiger partial charge in [-0.15, -0.1) is 13.2 Å². The lowest BCUT2D eigenvalue weighted by atomic mass is 10.2. The second-order valence-corrected chi connectivity index (χ2v) is 5.87. The summed E-state index contributed by atoms with van der Waals surface area (Å²) in [5.74, 6) is -0.258. The van der Waals surface area contributed by atoms with E-state index in [4.69, 9.17) is 4.74 Å². The van der Waals surface area contributed by atoms with Crippen LogP contribution in [-0.2, 0) is 4.74 Å². The highest BCUT2D eigenvalue weighted by Gasteiger charge is 2.10. The van der Waals surface area contributed by atoms with Crippen LogP contribution in [0.25, 0.3) is 0 Å². The van der Waals surface area contributed by atoms with Crippen LogP contribution < -0.4 is 0 Å². The minimum absolute atomic E-state index is 0. The van der Waals surface area contributed by atoms with E-state index in [1.165, 1.54) is 0 Å². The van der Waals surface area contributed by atoms with Gasteiger partial charge in [-0.3, -0.25) is 0 Å². The number of esters is 1. The van der Waals surface area contributed by atoms with Crippen molar-refractivity contribution in [2.24, 2.45) is 0 Å². The maximum Gasteiger partial charge on any atom is 0.338 e. The molecule has 0 saturated heterocycles. The molecule has 0 atom stereocenters. The van der Waals surface area contributed by atoms with Gasteiger partial charge in [-0.2, -0.15) is 0 Å². The molecule has 1 rings (SSSR count). The topological polar surface area (TPSA) is 26.3 Å². The predicted octanol–water partition coefficient (Wildman–Crippen LogP) is 2.47. The van der Waals surface area contributed by atoms with Crippen LogP contribution in [-0.4, -0.2) is 33.1 Å². The Bertz CT molecular complexity index is 369. The molecule has 1 aromatic rings. The molecule has 2 nitrogen and oxygen atoms in total. The first-order valence-electron chi connectivity index (χ1n) is 5.44. The van der Waals surface area contributed by atoms with E-state index < -0.39 is 0 Å². The Labute approximate surface area is 112 Å². The van der Waals surface area contributed by atoms with Crippen molar-refractivity contribution in [2.75, 3.05) is 18.7 Å². The number of benzene rings is 1. The molecule has 0 bridgehead atoms. The zero-order chi connectivity index (χ0) is 12.5. The van der Waals surface area contributed by atoms with Crippen molar-refractivity contribution in [3.8, 4) is 0 Å². The molecule has 0 aliphatic carbocycles. The summed E-state index contributed by atoms with van der Waals surface area (Å²) in [6, 6.07) is 9.04. The zero-order valence-corrected chi connectivity index (χ0v) is 10.7. The van der Waals surface area contributed by atoms with Crippen LogP contribution in [0.15, 0.2) is 55.6 Å². The Hall–Kier alpha value is -1.34. The maximum atomic E-state index is 11.7. The zero-order valence-electron chi connectivity index (χ0n) is 9.84. The van der Waals surface area contributed by atoms with Gasteiger partial charge in [-0.1, -0.05) is 38.3 Å². The van der Waals surface area contributed by atoms with Gasteiger partial charge >= 0.3 is 5.97 Å². The molecule has 0 saturated carbocycles. The quantitative estimate of drug-likeness (QED) is 0.326. The van der Waals surface area contributed by atoms with Crippen molar-refractivity contribution in [2.45, 2.75) is 0 Å². The summed E-state index contributed by atoms with van der Waals surface area (Å²) in [7, 11) is -0.363. The molecule has 0 aliphatic rings. The molecule has 18 heavy (non-hydrogen) atoms. The van der Waals surface area contributed by atoms with Crippen molar-refractivity contribution < 1.29 is 9.53 Å². The molecule has 0 fully saturated rings. The molecule has 0 aromatic heterocycles. The second kappa shape index (κ2) is 9.67. The van der Waals surface area contributed by atoms with Crippen molar-refractivity contribution >= 4 is 22.3 Å². The first-order chi connectivity index (χ1) is 8.27. The first-order valence-corrected chi connectivity index (χ1v) is 7.34. The minimum atomic E-state index is -0.363. The van der Waals surface area contributed by atoms with Crippen molar-refractivity contribution in [1.29, 1.82) is 0 Å². The van der Waals surface area contributed by atoms with Crippen LogP contribution in [0.3, 0.4) is 0 Å². The van der Waals surface area contributed by atoms with Crippen LogP contribution in [0.4, 0.5) is 0 Å². The third-order valence-electron chi connectivity index (χ3n) is 2.16. The molecule has 96 valence electrons. The Kier molecular flexibility index (Phi) is 8.95. The summed E-state index contributed by atoms with van der Waals surface area (Å²) >= 11 is 0. The highest BCUT2D eigenvalue weighted by molar-refractivity contribution is 7.57. The van der Waals surface area contributed by atoms with Gasteiger partial charge in [0.05, 0.1) is 14.0 Å². The highest BCUT2D eigenvalue weighted by atomic mass is 31.1. The lowest BCUT2D eigenvalue weighted by Gasteiger charge is -2.13. The van der Waals surface area contributed by atoms with Gasteiger partial charge in [0.25, 0.3) is 0 Å². The summed E-state index contributed by atoms with van der Waals surface area (Å²) < 4.78 is 5.29. The molecule has 0 N–H and O–H groups in total. The lowest BCUT2D eigenvalue weighted by Crippen LogP contribution is -2.06. The number of hydrogen-bond acceptors (Lipinski definition) is 2. The molecule has 0 heterocycles. The fourth-order valence-corrected chi connectivity index (χ4v) is 2.74. The van der Waals surface area contributed by atoms with Gasteiger partial charge in [0.15, 0.2) is 0 Å². The number of carbonyl (C=O) groups is 1. The van der Waals surface area contributed by atoms with Crippen LogP contribution in [0, 0.1) is 0 Å². The van der Waals surface area contributed by atoms with E-state index in [2.05, 4.69) is 13.2 Å². The van der Waals surface area contributed by atoms with E-state index in [9.17, 15) is 4.79 Å². The smallest absolute Gasteiger partial charge is 0.338 e. The largest absolute Gasteiger partial charge is 0.458 e. The van der Waals surface area contributed by atoms with Gasteiger partial charge in [0.1, 0.15) is 6.35 Å². The highest BCUT2D eigenvalue weighted by Crippen LogP contribution is 2.35. The second-order valence-electron chi connectivity index (χ2n) is 3.54. The molecule has 1 aromatic carbocycles. The Balaban J connectivity index is 0.00000289. The SMILES string of the molecule is B.C=CCP(CC=C)COC(=O)c1ccccc1. The fraction of sp³-hybridized carbons (Fsp3) is 0.214. The van der Waals surface area contributed by atoms with Crippen LogP contribution >= 0.6 is 7.92 Å². The third-order valence-corrected chi connectivity index (χ3v) is 4.21.